The van der Waals surface area contributed by atoms with Crippen molar-refractivity contribution in [3.63, 3.8) is 0 Å². The number of aliphatic hydroxyl groups is 2. The van der Waals surface area contributed by atoms with E-state index in [1.54, 1.807) is 0 Å². The second-order valence-corrected chi connectivity index (χ2v) is 3.41. The van der Waals surface area contributed by atoms with Gasteiger partial charge < -0.3 is 10.2 Å². The monoisotopic (exact) mass is 237 g/mol. The van der Waals surface area contributed by atoms with Crippen LogP contribution in [0.25, 0.3) is 0 Å². The molecule has 0 aliphatic carbocycles. The minimum absolute atomic E-state index is 0.0199. The molecule has 15 heavy (non-hydrogen) atoms. The molecule has 84 valence electrons. The summed E-state index contributed by atoms with van der Waals surface area (Å²) in [7, 11) is 0. The third-order valence-electron chi connectivity index (χ3n) is 1.93. The van der Waals surface area contributed by atoms with Crippen molar-refractivity contribution >= 4 is 11.6 Å². The Balaban J connectivity index is 2.81. The molecular weight excluding hydrogens is 228 g/mol. The van der Waals surface area contributed by atoms with E-state index < -0.39 is 24.0 Å². The van der Waals surface area contributed by atoms with Crippen molar-refractivity contribution in [1.82, 2.24) is 4.98 Å². The Labute approximate surface area is 90.3 Å². The Kier molecular flexibility index (Phi) is 4.38. The van der Waals surface area contributed by atoms with Crippen LogP contribution in [0, 0.1) is 11.8 Å². The van der Waals surface area contributed by atoms with Crippen LogP contribution in [0.15, 0.2) is 12.3 Å². The molecule has 0 aromatic carbocycles. The van der Waals surface area contributed by atoms with Gasteiger partial charge in [-0.05, 0) is 12.5 Å². The molecule has 2 unspecified atom stereocenters. The first kappa shape index (κ1) is 12.3. The molecule has 3 nitrogen and oxygen atoms in total. The van der Waals surface area contributed by atoms with E-state index in [2.05, 4.69) is 4.98 Å². The summed E-state index contributed by atoms with van der Waals surface area (Å²) in [5.74, 6) is -2.24. The molecular formula is C9H10ClF2NO2. The molecule has 6 heteroatoms. The van der Waals surface area contributed by atoms with Crippen molar-refractivity contribution in [1.29, 1.82) is 0 Å². The highest BCUT2D eigenvalue weighted by atomic mass is 35.5. The average molecular weight is 238 g/mol. The fourth-order valence-electron chi connectivity index (χ4n) is 1.09. The fraction of sp³-hybridized carbons (Fsp3) is 0.444. The molecule has 0 amide bonds. The minimum atomic E-state index is -1.31. The summed E-state index contributed by atoms with van der Waals surface area (Å²) in [5, 5.41) is 18.9. The number of hydrogen-bond acceptors (Lipinski definition) is 3. The normalized spacial score (nSPS) is 15.0. The van der Waals surface area contributed by atoms with Crippen LogP contribution in [0.3, 0.4) is 0 Å². The molecule has 2 N–H and O–H groups in total. The zero-order valence-electron chi connectivity index (χ0n) is 7.70. The molecule has 1 aromatic rings. The Morgan fingerprint density at radius 2 is 2.07 bits per heavy atom. The maximum absolute atomic E-state index is 12.7. The quantitative estimate of drug-likeness (QED) is 0.615. The van der Waals surface area contributed by atoms with Gasteiger partial charge in [0.1, 0.15) is 6.10 Å². The lowest BCUT2D eigenvalue weighted by atomic mass is 10.0. The third-order valence-corrected chi connectivity index (χ3v) is 2.15. The van der Waals surface area contributed by atoms with Gasteiger partial charge in [-0.2, -0.15) is 4.39 Å². The van der Waals surface area contributed by atoms with Gasteiger partial charge in [0.25, 0.3) is 0 Å². The smallest absolute Gasteiger partial charge is 0.248 e. The molecule has 1 rings (SSSR count). The van der Waals surface area contributed by atoms with E-state index >= 15 is 0 Å². The molecule has 0 bridgehead atoms. The van der Waals surface area contributed by atoms with E-state index in [9.17, 15) is 19.0 Å². The van der Waals surface area contributed by atoms with E-state index in [4.69, 9.17) is 11.6 Å². The molecule has 0 saturated carbocycles. The first-order chi connectivity index (χ1) is 7.06. The van der Waals surface area contributed by atoms with E-state index in [0.29, 0.717) is 0 Å². The largest absolute Gasteiger partial charge is 0.390 e. The second kappa shape index (κ2) is 5.34. The van der Waals surface area contributed by atoms with E-state index in [-0.39, 0.29) is 17.9 Å². The highest BCUT2D eigenvalue weighted by Gasteiger charge is 2.19. The van der Waals surface area contributed by atoms with Crippen LogP contribution in [0.1, 0.15) is 18.1 Å². The predicted molar refractivity (Wildman–Crippen MR) is 50.5 cm³/mol. The molecule has 0 aliphatic rings. The maximum atomic E-state index is 12.7. The molecule has 0 fully saturated rings. The number of nitrogens with zero attached hydrogens (tertiary/aromatic N) is 1. The predicted octanol–water partition coefficient (Wildman–Crippen LogP) is 1.38. The number of alkyl halides is 1. The van der Waals surface area contributed by atoms with Gasteiger partial charge in [-0.25, -0.2) is 9.37 Å². The van der Waals surface area contributed by atoms with Crippen LogP contribution >= 0.6 is 11.6 Å². The lowest BCUT2D eigenvalue weighted by Crippen LogP contribution is -2.19. The summed E-state index contributed by atoms with van der Waals surface area (Å²) in [6, 6.07) is 0.796. The summed E-state index contributed by atoms with van der Waals surface area (Å²) in [5.41, 5.74) is 0.0199. The van der Waals surface area contributed by atoms with E-state index in [1.165, 1.54) is 0 Å². The summed E-state index contributed by atoms with van der Waals surface area (Å²) >= 11 is 5.36. The van der Waals surface area contributed by atoms with Crippen LogP contribution < -0.4 is 0 Å². The summed E-state index contributed by atoms with van der Waals surface area (Å²) in [4.78, 5) is 3.10. The highest BCUT2D eigenvalue weighted by molar-refractivity contribution is 6.17. The van der Waals surface area contributed by atoms with Gasteiger partial charge in [0.05, 0.1) is 6.10 Å². The Bertz CT molecular complexity index is 338. The maximum Gasteiger partial charge on any atom is 0.248 e. The minimum Gasteiger partial charge on any atom is -0.390 e. The topological polar surface area (TPSA) is 53.4 Å². The Morgan fingerprint density at radius 1 is 1.40 bits per heavy atom. The lowest BCUT2D eigenvalue weighted by Gasteiger charge is -2.16. The number of halogens is 3. The van der Waals surface area contributed by atoms with Crippen molar-refractivity contribution in [3.05, 3.63) is 29.6 Å². The Hall–Kier alpha value is -0.780. The van der Waals surface area contributed by atoms with E-state index in [0.717, 1.165) is 12.3 Å². The summed E-state index contributed by atoms with van der Waals surface area (Å²) in [6.07, 6.45) is -1.30. The van der Waals surface area contributed by atoms with Gasteiger partial charge >= 0.3 is 0 Å². The van der Waals surface area contributed by atoms with Crippen molar-refractivity contribution in [2.45, 2.75) is 18.6 Å². The SMILES string of the molecule is OC(CCCl)C(O)c1cnc(F)c(F)c1. The van der Waals surface area contributed by atoms with Crippen molar-refractivity contribution < 1.29 is 19.0 Å². The van der Waals surface area contributed by atoms with Gasteiger partial charge in [0.15, 0.2) is 5.82 Å². The van der Waals surface area contributed by atoms with Crippen LogP contribution in [-0.4, -0.2) is 27.2 Å². The highest BCUT2D eigenvalue weighted by Crippen LogP contribution is 2.19. The average Bonchev–Trinajstić information content (AvgIpc) is 2.21. The zero-order valence-corrected chi connectivity index (χ0v) is 8.46. The third kappa shape index (κ3) is 3.09. The fourth-order valence-corrected chi connectivity index (χ4v) is 1.31. The summed E-state index contributed by atoms with van der Waals surface area (Å²) in [6.45, 7) is 0. The van der Waals surface area contributed by atoms with Crippen molar-refractivity contribution in [3.8, 4) is 0 Å². The number of aromatic nitrogens is 1. The molecule has 0 radical (unpaired) electrons. The molecule has 2 atom stereocenters. The van der Waals surface area contributed by atoms with Crippen LogP contribution in [-0.2, 0) is 0 Å². The second-order valence-electron chi connectivity index (χ2n) is 3.03. The zero-order chi connectivity index (χ0) is 11.4. The number of hydrogen-bond donors (Lipinski definition) is 2. The molecule has 1 heterocycles. The van der Waals surface area contributed by atoms with Gasteiger partial charge in [-0.15, -0.1) is 11.6 Å². The molecule has 0 aliphatic heterocycles. The van der Waals surface area contributed by atoms with Crippen LogP contribution in [0.5, 0.6) is 0 Å². The molecule has 0 spiro atoms. The lowest BCUT2D eigenvalue weighted by molar-refractivity contribution is 0.0165. The first-order valence-electron chi connectivity index (χ1n) is 4.29. The van der Waals surface area contributed by atoms with Gasteiger partial charge in [0, 0.05) is 17.6 Å². The first-order valence-corrected chi connectivity index (χ1v) is 4.82. The van der Waals surface area contributed by atoms with Crippen molar-refractivity contribution in [2.24, 2.45) is 0 Å². The van der Waals surface area contributed by atoms with Gasteiger partial charge in [-0.3, -0.25) is 0 Å². The van der Waals surface area contributed by atoms with Crippen LogP contribution in [0.4, 0.5) is 8.78 Å². The number of aliphatic hydroxyl groups excluding tert-OH is 2. The van der Waals surface area contributed by atoms with Gasteiger partial charge in [0.2, 0.25) is 5.95 Å². The van der Waals surface area contributed by atoms with Crippen LogP contribution in [0.2, 0.25) is 0 Å². The van der Waals surface area contributed by atoms with E-state index in [1.807, 2.05) is 0 Å². The molecule has 1 aromatic heterocycles. The summed E-state index contributed by atoms with van der Waals surface area (Å²) < 4.78 is 25.2. The molecule has 0 saturated heterocycles. The standard InChI is InChI=1S/C9H10ClF2NO2/c10-2-1-7(14)8(15)5-3-6(11)9(12)13-4-5/h3-4,7-8,14-15H,1-2H2. The number of pyridine rings is 1. The van der Waals surface area contributed by atoms with Gasteiger partial charge in [-0.1, -0.05) is 0 Å². The number of rotatable bonds is 4. The Morgan fingerprint density at radius 3 is 2.60 bits per heavy atom. The van der Waals surface area contributed by atoms with Crippen molar-refractivity contribution in [2.75, 3.05) is 5.88 Å².